The molecule has 0 saturated heterocycles. The molecule has 0 bridgehead atoms. The third kappa shape index (κ3) is 5.02. The summed E-state index contributed by atoms with van der Waals surface area (Å²) in [4.78, 5) is 14.1. The minimum absolute atomic E-state index is 0.0230. The van der Waals surface area contributed by atoms with Gasteiger partial charge in [-0.2, -0.15) is 0 Å². The van der Waals surface area contributed by atoms with E-state index in [2.05, 4.69) is 5.32 Å². The quantitative estimate of drug-likeness (QED) is 0.723. The smallest absolute Gasteiger partial charge is 0.322 e. The number of urea groups is 1. The van der Waals surface area contributed by atoms with Crippen molar-refractivity contribution >= 4 is 11.7 Å². The number of nitrogens with two attached hydrogens (primary N) is 1. The zero-order valence-corrected chi connectivity index (χ0v) is 13.2. The first-order chi connectivity index (χ1) is 10.0. The molecule has 5 heteroatoms. The topological polar surface area (TPSA) is 78.6 Å². The predicted octanol–water partition coefficient (Wildman–Crippen LogP) is 2.72. The Morgan fingerprint density at radius 2 is 1.86 bits per heavy atom. The molecular weight excluding hydrogens is 266 g/mol. The summed E-state index contributed by atoms with van der Waals surface area (Å²) in [6, 6.07) is 7.46. The molecule has 0 aliphatic rings. The van der Waals surface area contributed by atoms with Gasteiger partial charge in [-0.25, -0.2) is 4.79 Å². The third-order valence-electron chi connectivity index (χ3n) is 3.67. The van der Waals surface area contributed by atoms with Gasteiger partial charge >= 0.3 is 6.03 Å². The Labute approximate surface area is 127 Å². The van der Waals surface area contributed by atoms with Crippen molar-refractivity contribution in [3.63, 3.8) is 0 Å². The zero-order chi connectivity index (χ0) is 15.8. The number of benzene rings is 1. The first kappa shape index (κ1) is 17.5. The highest BCUT2D eigenvalue weighted by Crippen LogP contribution is 2.16. The second-order valence-electron chi connectivity index (χ2n) is 5.23. The van der Waals surface area contributed by atoms with Crippen LogP contribution >= 0.6 is 0 Å². The molecule has 1 unspecified atom stereocenters. The molecule has 1 atom stereocenters. The van der Waals surface area contributed by atoms with Gasteiger partial charge < -0.3 is 21.1 Å². The second kappa shape index (κ2) is 8.64. The molecule has 118 valence electrons. The van der Waals surface area contributed by atoms with Gasteiger partial charge in [0.15, 0.2) is 0 Å². The summed E-state index contributed by atoms with van der Waals surface area (Å²) in [5.41, 5.74) is 7.57. The summed E-state index contributed by atoms with van der Waals surface area (Å²) in [6.07, 6.45) is 1.74. The maximum Gasteiger partial charge on any atom is 0.322 e. The van der Waals surface area contributed by atoms with Crippen LogP contribution in [0.25, 0.3) is 0 Å². The maximum absolute atomic E-state index is 12.4. The Bertz CT molecular complexity index is 428. The lowest BCUT2D eigenvalue weighted by atomic mass is 10.1. The van der Waals surface area contributed by atoms with Gasteiger partial charge in [-0.05, 0) is 37.5 Å². The van der Waals surface area contributed by atoms with Gasteiger partial charge in [0.1, 0.15) is 0 Å². The lowest BCUT2D eigenvalue weighted by molar-refractivity contribution is 0.158. The molecule has 4 N–H and O–H groups in total. The van der Waals surface area contributed by atoms with Gasteiger partial charge in [0.05, 0.1) is 6.61 Å². The first-order valence-corrected chi connectivity index (χ1v) is 7.57. The number of anilines is 1. The number of nitrogens with one attached hydrogen (secondary N) is 1. The van der Waals surface area contributed by atoms with E-state index >= 15 is 0 Å². The molecular formula is C16H27N3O2. The molecule has 1 rings (SSSR count). The number of carbonyl (C=O) groups is 1. The summed E-state index contributed by atoms with van der Waals surface area (Å²) in [5.74, 6) is 0. The number of hydrogen-bond donors (Lipinski definition) is 3. The van der Waals surface area contributed by atoms with Crippen LogP contribution in [0.15, 0.2) is 24.3 Å². The molecule has 0 saturated carbocycles. The summed E-state index contributed by atoms with van der Waals surface area (Å²) in [7, 11) is 0. The SMILES string of the molecule is CCC(CC)N(CCO)C(=O)Nc1ccc(C(C)N)cc1. The number of aliphatic hydroxyl groups excluding tert-OH is 1. The molecule has 21 heavy (non-hydrogen) atoms. The van der Waals surface area contributed by atoms with E-state index < -0.39 is 0 Å². The molecule has 0 fully saturated rings. The summed E-state index contributed by atoms with van der Waals surface area (Å²) in [5, 5.41) is 12.0. The van der Waals surface area contributed by atoms with Gasteiger partial charge in [0.25, 0.3) is 0 Å². The van der Waals surface area contributed by atoms with Crippen molar-refractivity contribution in [2.45, 2.75) is 45.7 Å². The molecule has 0 aromatic heterocycles. The molecule has 2 amide bonds. The van der Waals surface area contributed by atoms with E-state index in [1.54, 1.807) is 4.90 Å². The molecule has 1 aromatic carbocycles. The molecule has 0 radical (unpaired) electrons. The van der Waals surface area contributed by atoms with Crippen molar-refractivity contribution in [3.05, 3.63) is 29.8 Å². The Morgan fingerprint density at radius 3 is 2.29 bits per heavy atom. The zero-order valence-electron chi connectivity index (χ0n) is 13.2. The van der Waals surface area contributed by atoms with Crippen LogP contribution in [0.4, 0.5) is 10.5 Å². The van der Waals surface area contributed by atoms with E-state index in [0.717, 1.165) is 24.1 Å². The second-order valence-corrected chi connectivity index (χ2v) is 5.23. The summed E-state index contributed by atoms with van der Waals surface area (Å²) >= 11 is 0. The van der Waals surface area contributed by atoms with Crippen molar-refractivity contribution < 1.29 is 9.90 Å². The lowest BCUT2D eigenvalue weighted by Crippen LogP contribution is -2.44. The lowest BCUT2D eigenvalue weighted by Gasteiger charge is -2.30. The fourth-order valence-corrected chi connectivity index (χ4v) is 2.35. The van der Waals surface area contributed by atoms with Gasteiger partial charge in [0.2, 0.25) is 0 Å². The fraction of sp³-hybridized carbons (Fsp3) is 0.562. The van der Waals surface area contributed by atoms with Crippen LogP contribution in [0.1, 0.15) is 45.2 Å². The molecule has 1 aromatic rings. The van der Waals surface area contributed by atoms with Crippen molar-refractivity contribution in [2.75, 3.05) is 18.5 Å². The van der Waals surface area contributed by atoms with E-state index in [1.807, 2.05) is 45.0 Å². The standard InChI is InChI=1S/C16H27N3O2/c1-4-15(5-2)19(10-11-20)16(21)18-14-8-6-13(7-9-14)12(3)17/h6-9,12,15,20H,4-5,10-11,17H2,1-3H3,(H,18,21). The predicted molar refractivity (Wildman–Crippen MR) is 86.2 cm³/mol. The highest BCUT2D eigenvalue weighted by Gasteiger charge is 2.20. The highest BCUT2D eigenvalue weighted by molar-refractivity contribution is 5.89. The minimum Gasteiger partial charge on any atom is -0.395 e. The fourth-order valence-electron chi connectivity index (χ4n) is 2.35. The van der Waals surface area contributed by atoms with Crippen molar-refractivity contribution in [1.82, 2.24) is 4.90 Å². The normalized spacial score (nSPS) is 12.3. The first-order valence-electron chi connectivity index (χ1n) is 7.57. The Hall–Kier alpha value is -1.59. The number of nitrogens with zero attached hydrogens (tertiary/aromatic N) is 1. The van der Waals surface area contributed by atoms with Gasteiger partial charge in [-0.3, -0.25) is 0 Å². The van der Waals surface area contributed by atoms with Crippen molar-refractivity contribution in [2.24, 2.45) is 5.73 Å². The van der Waals surface area contributed by atoms with Crippen LogP contribution in [0, 0.1) is 0 Å². The summed E-state index contributed by atoms with van der Waals surface area (Å²) < 4.78 is 0. The van der Waals surface area contributed by atoms with Gasteiger partial charge in [-0.15, -0.1) is 0 Å². The highest BCUT2D eigenvalue weighted by atomic mass is 16.3. The largest absolute Gasteiger partial charge is 0.395 e. The number of aliphatic hydroxyl groups is 1. The summed E-state index contributed by atoms with van der Waals surface area (Å²) in [6.45, 7) is 6.32. The number of rotatable bonds is 7. The van der Waals surface area contributed by atoms with Crippen LogP contribution in [-0.2, 0) is 0 Å². The molecule has 0 heterocycles. The van der Waals surface area contributed by atoms with Crippen LogP contribution in [0.3, 0.4) is 0 Å². The number of amides is 2. The van der Waals surface area contributed by atoms with E-state index in [9.17, 15) is 4.79 Å². The van der Waals surface area contributed by atoms with Crippen LogP contribution in [0.5, 0.6) is 0 Å². The number of carbonyl (C=O) groups excluding carboxylic acids is 1. The maximum atomic E-state index is 12.4. The molecule has 0 aliphatic carbocycles. The Morgan fingerprint density at radius 1 is 1.29 bits per heavy atom. The van der Waals surface area contributed by atoms with Crippen molar-refractivity contribution in [3.8, 4) is 0 Å². The minimum atomic E-state index is -0.175. The van der Waals surface area contributed by atoms with E-state index in [-0.39, 0.29) is 24.7 Å². The molecule has 0 aliphatic heterocycles. The van der Waals surface area contributed by atoms with Crippen LogP contribution in [-0.4, -0.2) is 35.2 Å². The number of hydrogen-bond acceptors (Lipinski definition) is 3. The average molecular weight is 293 g/mol. The van der Waals surface area contributed by atoms with Gasteiger partial charge in [0, 0.05) is 24.3 Å². The Balaban J connectivity index is 2.76. The van der Waals surface area contributed by atoms with E-state index in [1.165, 1.54) is 0 Å². The van der Waals surface area contributed by atoms with E-state index in [0.29, 0.717) is 6.54 Å². The molecule has 5 nitrogen and oxygen atoms in total. The Kier molecular flexibility index (Phi) is 7.19. The van der Waals surface area contributed by atoms with E-state index in [4.69, 9.17) is 10.8 Å². The molecule has 0 spiro atoms. The van der Waals surface area contributed by atoms with Crippen LogP contribution < -0.4 is 11.1 Å². The van der Waals surface area contributed by atoms with Crippen molar-refractivity contribution in [1.29, 1.82) is 0 Å². The average Bonchev–Trinajstić information content (AvgIpc) is 2.48. The third-order valence-corrected chi connectivity index (χ3v) is 3.67. The van der Waals surface area contributed by atoms with Gasteiger partial charge in [-0.1, -0.05) is 26.0 Å². The van der Waals surface area contributed by atoms with Crippen LogP contribution in [0.2, 0.25) is 0 Å². The monoisotopic (exact) mass is 293 g/mol.